The number of carbonyl (C=O) groups excluding carboxylic acids is 1. The van der Waals surface area contributed by atoms with Crippen LogP contribution < -0.4 is 20.5 Å². The van der Waals surface area contributed by atoms with E-state index in [4.69, 9.17) is 21.6 Å². The number of primary amides is 1. The van der Waals surface area contributed by atoms with Crippen LogP contribution in [-0.2, 0) is 10.0 Å². The van der Waals surface area contributed by atoms with Gasteiger partial charge in [0.2, 0.25) is 10.0 Å². The molecule has 2 aliphatic heterocycles. The fraction of sp³-hybridized carbons (Fsp3) is 0.393. The standard InChI is InChI=1S/C28H36N6O4S/c1-2-39(36,37)34(15-5-7-20-6-3-8-21(18-20)27(29)30)22-10-11-25(24(19-22)28(31)35)38-23-12-16-33(17-13-23)26-9-4-14-32-26/h3,5-8,10-11,18-19,23H,2,4,9,12-17H2,1H3,(H3,29,30)(H2,31,35). The number of nitrogens with one attached hydrogen (secondary N) is 1. The van der Waals surface area contributed by atoms with Crippen LogP contribution in [0.4, 0.5) is 5.69 Å². The van der Waals surface area contributed by atoms with Gasteiger partial charge in [-0.05, 0) is 43.2 Å². The normalized spacial score (nSPS) is 16.3. The summed E-state index contributed by atoms with van der Waals surface area (Å²) < 4.78 is 33.4. The fourth-order valence-electron chi connectivity index (χ4n) is 4.79. The number of carbonyl (C=O) groups is 1. The number of sulfonamides is 1. The lowest BCUT2D eigenvalue weighted by molar-refractivity contribution is 0.0982. The Morgan fingerprint density at radius 1 is 1.21 bits per heavy atom. The molecule has 2 aliphatic rings. The number of aliphatic imine (C=N–C) groups is 1. The molecule has 0 radical (unpaired) electrons. The molecule has 2 aromatic rings. The van der Waals surface area contributed by atoms with Gasteiger partial charge in [-0.15, -0.1) is 0 Å². The zero-order chi connectivity index (χ0) is 28.0. The van der Waals surface area contributed by atoms with Crippen LogP contribution in [0.1, 0.15) is 54.1 Å². The van der Waals surface area contributed by atoms with Crippen molar-refractivity contribution >= 4 is 39.4 Å². The molecule has 0 aliphatic carbocycles. The summed E-state index contributed by atoms with van der Waals surface area (Å²) in [5, 5.41) is 7.61. The van der Waals surface area contributed by atoms with Crippen molar-refractivity contribution in [2.45, 2.75) is 38.7 Å². The maximum absolute atomic E-state index is 13.0. The SMILES string of the molecule is CCS(=O)(=O)N(CC=Cc1cccc(C(=N)N)c1)c1ccc(OC2CCN(C3=NCCC3)CC2)c(C(N)=O)c1. The van der Waals surface area contributed by atoms with Crippen LogP contribution in [0.5, 0.6) is 5.75 Å². The van der Waals surface area contributed by atoms with Gasteiger partial charge in [0.15, 0.2) is 0 Å². The van der Waals surface area contributed by atoms with Gasteiger partial charge < -0.3 is 21.1 Å². The van der Waals surface area contributed by atoms with E-state index in [1.165, 1.54) is 16.2 Å². The summed E-state index contributed by atoms with van der Waals surface area (Å²) in [5.74, 6) is 0.682. The summed E-state index contributed by atoms with van der Waals surface area (Å²) in [6.45, 7) is 4.20. The summed E-state index contributed by atoms with van der Waals surface area (Å²) in [5.41, 5.74) is 13.1. The van der Waals surface area contributed by atoms with E-state index in [0.717, 1.165) is 50.9 Å². The number of nitrogen functional groups attached to an aromatic ring is 1. The van der Waals surface area contributed by atoms with Gasteiger partial charge in [-0.1, -0.05) is 30.4 Å². The van der Waals surface area contributed by atoms with Gasteiger partial charge >= 0.3 is 0 Å². The topological polar surface area (TPSA) is 155 Å². The number of nitrogens with two attached hydrogens (primary N) is 2. The quantitative estimate of drug-likeness (QED) is 0.304. The largest absolute Gasteiger partial charge is 0.489 e. The number of ether oxygens (including phenoxy) is 1. The molecule has 208 valence electrons. The van der Waals surface area contributed by atoms with Crippen molar-refractivity contribution in [3.8, 4) is 5.75 Å². The summed E-state index contributed by atoms with van der Waals surface area (Å²) in [6.07, 6.45) is 7.12. The molecular formula is C28H36N6O4S. The van der Waals surface area contributed by atoms with Gasteiger partial charge in [-0.2, -0.15) is 0 Å². The van der Waals surface area contributed by atoms with E-state index in [9.17, 15) is 13.2 Å². The average molecular weight is 553 g/mol. The molecule has 11 heteroatoms. The van der Waals surface area contributed by atoms with Crippen molar-refractivity contribution in [1.82, 2.24) is 4.90 Å². The van der Waals surface area contributed by atoms with Crippen LogP contribution in [0.3, 0.4) is 0 Å². The molecule has 1 saturated heterocycles. The van der Waals surface area contributed by atoms with Crippen LogP contribution >= 0.6 is 0 Å². The minimum atomic E-state index is -3.67. The van der Waals surface area contributed by atoms with Crippen molar-refractivity contribution in [3.63, 3.8) is 0 Å². The van der Waals surface area contributed by atoms with Crippen LogP contribution in [-0.4, -0.2) is 68.9 Å². The Morgan fingerprint density at radius 3 is 2.62 bits per heavy atom. The molecule has 1 fully saturated rings. The number of likely N-dealkylation sites (tertiary alicyclic amines) is 1. The van der Waals surface area contributed by atoms with Crippen molar-refractivity contribution < 1.29 is 17.9 Å². The number of amides is 1. The molecule has 0 unspecified atom stereocenters. The third-order valence-corrected chi connectivity index (χ3v) is 8.71. The molecule has 0 atom stereocenters. The Labute approximate surface area is 229 Å². The number of rotatable bonds is 10. The second-order valence-corrected chi connectivity index (χ2v) is 11.8. The van der Waals surface area contributed by atoms with E-state index in [0.29, 0.717) is 17.0 Å². The Balaban J connectivity index is 1.51. The summed E-state index contributed by atoms with van der Waals surface area (Å²) in [7, 11) is -3.67. The number of nitrogens with zero attached hydrogens (tertiary/aromatic N) is 3. The average Bonchev–Trinajstić information content (AvgIpc) is 3.47. The van der Waals surface area contributed by atoms with Crippen molar-refractivity contribution in [2.24, 2.45) is 16.5 Å². The molecule has 39 heavy (non-hydrogen) atoms. The monoisotopic (exact) mass is 552 g/mol. The molecule has 0 aromatic heterocycles. The number of hydrogen-bond acceptors (Lipinski definition) is 7. The van der Waals surface area contributed by atoms with E-state index < -0.39 is 15.9 Å². The van der Waals surface area contributed by atoms with E-state index in [1.54, 1.807) is 49.4 Å². The lowest BCUT2D eigenvalue weighted by atomic mass is 10.1. The maximum atomic E-state index is 13.0. The smallest absolute Gasteiger partial charge is 0.252 e. The van der Waals surface area contributed by atoms with E-state index in [-0.39, 0.29) is 29.8 Å². The van der Waals surface area contributed by atoms with Gasteiger partial charge in [-0.25, -0.2) is 8.42 Å². The first-order valence-electron chi connectivity index (χ1n) is 13.2. The number of amidine groups is 2. The number of piperidine rings is 1. The highest BCUT2D eigenvalue weighted by atomic mass is 32.2. The van der Waals surface area contributed by atoms with Crippen molar-refractivity contribution in [3.05, 3.63) is 65.2 Å². The minimum absolute atomic E-state index is 0.0429. The molecule has 2 aromatic carbocycles. The first-order valence-corrected chi connectivity index (χ1v) is 14.8. The fourth-order valence-corrected chi connectivity index (χ4v) is 5.85. The second-order valence-electron chi connectivity index (χ2n) is 9.62. The molecule has 0 saturated carbocycles. The summed E-state index contributed by atoms with van der Waals surface area (Å²) in [6, 6.07) is 11.9. The van der Waals surface area contributed by atoms with Crippen LogP contribution in [0.25, 0.3) is 6.08 Å². The Morgan fingerprint density at radius 2 is 1.97 bits per heavy atom. The van der Waals surface area contributed by atoms with Gasteiger partial charge in [0.05, 0.1) is 29.4 Å². The van der Waals surface area contributed by atoms with E-state index in [1.807, 2.05) is 6.07 Å². The van der Waals surface area contributed by atoms with Crippen LogP contribution in [0.15, 0.2) is 53.5 Å². The molecule has 0 bridgehead atoms. The molecule has 1 amide bonds. The summed E-state index contributed by atoms with van der Waals surface area (Å²) >= 11 is 0. The molecule has 2 heterocycles. The zero-order valence-corrected chi connectivity index (χ0v) is 23.0. The predicted molar refractivity (Wildman–Crippen MR) is 155 cm³/mol. The van der Waals surface area contributed by atoms with Crippen LogP contribution in [0, 0.1) is 5.41 Å². The van der Waals surface area contributed by atoms with E-state index in [2.05, 4.69) is 9.89 Å². The third-order valence-electron chi connectivity index (χ3n) is 6.95. The minimum Gasteiger partial charge on any atom is -0.489 e. The number of anilines is 1. The number of hydrogen-bond donors (Lipinski definition) is 3. The lowest BCUT2D eigenvalue weighted by Gasteiger charge is -2.34. The zero-order valence-electron chi connectivity index (χ0n) is 22.2. The number of benzene rings is 2. The summed E-state index contributed by atoms with van der Waals surface area (Å²) in [4.78, 5) is 19.3. The maximum Gasteiger partial charge on any atom is 0.252 e. The molecule has 5 N–H and O–H groups in total. The van der Waals surface area contributed by atoms with E-state index >= 15 is 0 Å². The van der Waals surface area contributed by atoms with Crippen LogP contribution in [0.2, 0.25) is 0 Å². The second kappa shape index (κ2) is 12.3. The highest BCUT2D eigenvalue weighted by Crippen LogP contribution is 2.29. The Bertz CT molecular complexity index is 1380. The highest BCUT2D eigenvalue weighted by molar-refractivity contribution is 7.92. The van der Waals surface area contributed by atoms with Gasteiger partial charge in [0, 0.05) is 44.5 Å². The molecular weight excluding hydrogens is 516 g/mol. The van der Waals surface area contributed by atoms with Crippen molar-refractivity contribution in [1.29, 1.82) is 5.41 Å². The molecule has 10 nitrogen and oxygen atoms in total. The lowest BCUT2D eigenvalue weighted by Crippen LogP contribution is -2.41. The third kappa shape index (κ3) is 6.97. The predicted octanol–water partition coefficient (Wildman–Crippen LogP) is 2.97. The van der Waals surface area contributed by atoms with Gasteiger partial charge in [-0.3, -0.25) is 19.5 Å². The first-order chi connectivity index (χ1) is 18.7. The highest BCUT2D eigenvalue weighted by Gasteiger charge is 2.26. The molecule has 4 rings (SSSR count). The molecule has 0 spiro atoms. The first kappa shape index (κ1) is 28.2. The van der Waals surface area contributed by atoms with Crippen molar-refractivity contribution in [2.75, 3.05) is 36.2 Å². The Hall–Kier alpha value is -3.86. The van der Waals surface area contributed by atoms with Gasteiger partial charge in [0.1, 0.15) is 17.7 Å². The Kier molecular flexibility index (Phi) is 8.90. The van der Waals surface area contributed by atoms with Gasteiger partial charge in [0.25, 0.3) is 5.91 Å².